The molecule has 3 amide bonds. The highest BCUT2D eigenvalue weighted by atomic mass is 32.2. The van der Waals surface area contributed by atoms with Crippen molar-refractivity contribution in [2.45, 2.75) is 53.5 Å². The topological polar surface area (TPSA) is 153 Å². The number of carbonyl (C=O) groups is 3. The number of ether oxygens (including phenoxy) is 1. The molecule has 4 N–H and O–H groups in total. The number of nitrogens with zero attached hydrogens (tertiary/aromatic N) is 2. The van der Waals surface area contributed by atoms with Gasteiger partial charge in [0, 0.05) is 42.7 Å². The van der Waals surface area contributed by atoms with E-state index in [2.05, 4.69) is 18.6 Å². The molecule has 3 rings (SSSR count). The van der Waals surface area contributed by atoms with Gasteiger partial charge in [-0.1, -0.05) is 7.43 Å². The first kappa shape index (κ1) is 34.7. The number of primary sulfonamides is 1. The molecular weight excluding hydrogens is 492 g/mol. The van der Waals surface area contributed by atoms with Crippen LogP contribution in [0.5, 0.6) is 0 Å². The summed E-state index contributed by atoms with van der Waals surface area (Å²) in [5.74, 6) is -0.139. The Bertz CT molecular complexity index is 904. The summed E-state index contributed by atoms with van der Waals surface area (Å²) in [7, 11) is -3.31. The van der Waals surface area contributed by atoms with E-state index in [1.54, 1.807) is 21.1 Å². The number of likely N-dealkylation sites (tertiary alicyclic amines) is 1. The minimum Gasteiger partial charge on any atom is -0.378 e. The molecule has 1 atom stereocenters. The van der Waals surface area contributed by atoms with Crippen LogP contribution in [0.4, 0.5) is 0 Å². The Labute approximate surface area is 214 Å². The van der Waals surface area contributed by atoms with Crippen molar-refractivity contribution in [2.24, 2.45) is 10.9 Å². The van der Waals surface area contributed by atoms with E-state index >= 15 is 0 Å². The number of hydrogen-bond acceptors (Lipinski definition) is 7. The zero-order chi connectivity index (χ0) is 26.3. The third-order valence-corrected chi connectivity index (χ3v) is 6.52. The Morgan fingerprint density at radius 2 is 1.74 bits per heavy atom. The van der Waals surface area contributed by atoms with Gasteiger partial charge in [-0.2, -0.15) is 0 Å². The van der Waals surface area contributed by atoms with Crippen LogP contribution in [0.25, 0.3) is 0 Å². The lowest BCUT2D eigenvalue weighted by molar-refractivity contribution is -0.145. The van der Waals surface area contributed by atoms with E-state index in [0.29, 0.717) is 39.1 Å². The van der Waals surface area contributed by atoms with Crippen LogP contribution >= 0.6 is 11.3 Å². The fraction of sp³-hybridized carbons (Fsp3) is 0.609. The van der Waals surface area contributed by atoms with Crippen LogP contribution in [0.2, 0.25) is 0 Å². The zero-order valence-electron chi connectivity index (χ0n) is 20.1. The van der Waals surface area contributed by atoms with Gasteiger partial charge in [0.2, 0.25) is 27.7 Å². The molecule has 0 aliphatic carbocycles. The number of nitrogens with two attached hydrogens (primary N) is 2. The fourth-order valence-corrected chi connectivity index (χ4v) is 4.65. The van der Waals surface area contributed by atoms with Crippen LogP contribution in [0.3, 0.4) is 0 Å². The van der Waals surface area contributed by atoms with Crippen molar-refractivity contribution in [1.82, 2.24) is 9.80 Å². The Hall–Kier alpha value is -2.46. The summed E-state index contributed by atoms with van der Waals surface area (Å²) in [6.07, 6.45) is 9.98. The molecule has 1 unspecified atom stereocenters. The number of morpholine rings is 1. The summed E-state index contributed by atoms with van der Waals surface area (Å²) < 4.78 is 26.4. The van der Waals surface area contributed by atoms with E-state index in [9.17, 15) is 22.8 Å². The van der Waals surface area contributed by atoms with E-state index in [-0.39, 0.29) is 36.9 Å². The van der Waals surface area contributed by atoms with Crippen LogP contribution < -0.4 is 10.9 Å². The van der Waals surface area contributed by atoms with Crippen molar-refractivity contribution in [1.29, 1.82) is 0 Å². The first-order valence-corrected chi connectivity index (χ1v) is 13.2. The highest BCUT2D eigenvalue weighted by molar-refractivity contribution is 7.89. The maximum Gasteiger partial charge on any atom is 0.245 e. The largest absolute Gasteiger partial charge is 0.378 e. The number of carbonyl (C=O) groups excluding carboxylic acids is 3. The molecule has 0 saturated carbocycles. The molecule has 35 heavy (non-hydrogen) atoms. The van der Waals surface area contributed by atoms with Gasteiger partial charge < -0.3 is 20.3 Å². The molecule has 2 aliphatic rings. The third kappa shape index (κ3) is 15.2. The van der Waals surface area contributed by atoms with Gasteiger partial charge in [0.05, 0.1) is 19.0 Å². The predicted octanol–water partition coefficient (Wildman–Crippen LogP) is 1.12. The Balaban J connectivity index is 0. The Morgan fingerprint density at radius 3 is 2.14 bits per heavy atom. The highest BCUT2D eigenvalue weighted by Gasteiger charge is 2.32. The van der Waals surface area contributed by atoms with Crippen LogP contribution in [-0.2, 0) is 35.6 Å². The van der Waals surface area contributed by atoms with Crippen molar-refractivity contribution >= 4 is 39.1 Å². The molecule has 0 aromatic carbocycles. The average molecular weight is 533 g/mol. The number of rotatable bonds is 5. The molecule has 12 heteroatoms. The van der Waals surface area contributed by atoms with Gasteiger partial charge in [0.25, 0.3) is 0 Å². The van der Waals surface area contributed by atoms with E-state index < -0.39 is 10.0 Å². The maximum absolute atomic E-state index is 12.1. The summed E-state index contributed by atoms with van der Waals surface area (Å²) in [6.45, 7) is 8.33. The fourth-order valence-electron chi connectivity index (χ4n) is 3.12. The molecule has 2 saturated heterocycles. The lowest BCUT2D eigenvalue weighted by Gasteiger charge is -2.32. The van der Waals surface area contributed by atoms with Gasteiger partial charge >= 0.3 is 0 Å². The third-order valence-electron chi connectivity index (χ3n) is 4.69. The number of sulfonamides is 1. The van der Waals surface area contributed by atoms with E-state index in [1.807, 2.05) is 26.0 Å². The van der Waals surface area contributed by atoms with Gasteiger partial charge in [-0.25, -0.2) is 13.6 Å². The maximum atomic E-state index is 12.1. The number of thiophene rings is 1. The summed E-state index contributed by atoms with van der Waals surface area (Å²) in [6, 6.07) is 3.60. The molecular formula is C23H40N4O6S2. The lowest BCUT2D eigenvalue weighted by atomic mass is 10.2. The minimum atomic E-state index is -3.31. The van der Waals surface area contributed by atoms with Crippen molar-refractivity contribution in [3.8, 4) is 12.8 Å². The second kappa shape index (κ2) is 17.9. The standard InChI is InChI=1S/C11H18N2O3.C7H11NO2S2.C2H5NO.C2H2.CH4/c1-9(13-4-2-3-10(13)14)11(15)12-5-7-16-8-6-12;1-6-2-3-7(11-6)4-5-12(8,9)10;1-2(3)4;1-2;/h9H,2-8H2,1H3;2-3H,4-5H2,1H3,(H2,8,9,10);1H3,(H2,3,4);1-2H;1H4. The van der Waals surface area contributed by atoms with Crippen molar-refractivity contribution < 1.29 is 27.5 Å². The van der Waals surface area contributed by atoms with Crippen LogP contribution in [-0.4, -0.2) is 80.6 Å². The number of primary amides is 1. The number of aryl methyl sites for hydroxylation is 2. The SMILES string of the molecule is C.C#C.CC(C(=O)N1CCOCC1)N1CCCC1=O.CC(N)=O.Cc1ccc(CCS(N)(=O)=O)s1. The van der Waals surface area contributed by atoms with Crippen molar-refractivity contribution in [3.63, 3.8) is 0 Å². The zero-order valence-corrected chi connectivity index (χ0v) is 21.7. The lowest BCUT2D eigenvalue weighted by Crippen LogP contribution is -2.50. The van der Waals surface area contributed by atoms with Crippen molar-refractivity contribution in [3.05, 3.63) is 21.9 Å². The normalized spacial score (nSPS) is 15.7. The van der Waals surface area contributed by atoms with Gasteiger partial charge in [0.1, 0.15) is 6.04 Å². The van der Waals surface area contributed by atoms with Crippen LogP contribution in [0, 0.1) is 19.8 Å². The second-order valence-corrected chi connectivity index (χ2v) is 10.7. The Morgan fingerprint density at radius 1 is 1.20 bits per heavy atom. The first-order valence-electron chi connectivity index (χ1n) is 10.7. The van der Waals surface area contributed by atoms with Gasteiger partial charge in [-0.05, 0) is 38.8 Å². The molecule has 1 aromatic heterocycles. The molecule has 0 radical (unpaired) electrons. The van der Waals surface area contributed by atoms with E-state index in [1.165, 1.54) is 11.8 Å². The summed E-state index contributed by atoms with van der Waals surface area (Å²) in [5.41, 5.74) is 4.47. The summed E-state index contributed by atoms with van der Waals surface area (Å²) in [5, 5.41) is 4.87. The Kier molecular flexibility index (Phi) is 17.7. The smallest absolute Gasteiger partial charge is 0.245 e. The van der Waals surface area contributed by atoms with E-state index in [4.69, 9.17) is 9.88 Å². The summed E-state index contributed by atoms with van der Waals surface area (Å²) >= 11 is 1.61. The minimum absolute atomic E-state index is 0. The van der Waals surface area contributed by atoms with Crippen molar-refractivity contribution in [2.75, 3.05) is 38.6 Å². The quantitative estimate of drug-likeness (QED) is 0.542. The number of terminal acetylenes is 1. The molecule has 1 aromatic rings. The number of hydrogen-bond donors (Lipinski definition) is 2. The molecule has 0 spiro atoms. The number of amides is 3. The molecule has 2 fully saturated rings. The monoisotopic (exact) mass is 532 g/mol. The van der Waals surface area contributed by atoms with Gasteiger partial charge in [-0.15, -0.1) is 24.2 Å². The van der Waals surface area contributed by atoms with Crippen LogP contribution in [0.1, 0.15) is 43.9 Å². The first-order chi connectivity index (χ1) is 15.9. The van der Waals surface area contributed by atoms with E-state index in [0.717, 1.165) is 17.8 Å². The molecule has 2 aliphatic heterocycles. The molecule has 10 nitrogen and oxygen atoms in total. The van der Waals surface area contributed by atoms with Gasteiger partial charge in [-0.3, -0.25) is 14.4 Å². The summed E-state index contributed by atoms with van der Waals surface area (Å²) in [4.78, 5) is 38.6. The molecule has 200 valence electrons. The molecule has 3 heterocycles. The van der Waals surface area contributed by atoms with Gasteiger partial charge in [0.15, 0.2) is 0 Å². The van der Waals surface area contributed by atoms with Crippen LogP contribution in [0.15, 0.2) is 12.1 Å². The second-order valence-electron chi connectivity index (χ2n) is 7.54. The predicted molar refractivity (Wildman–Crippen MR) is 140 cm³/mol. The highest BCUT2D eigenvalue weighted by Crippen LogP contribution is 2.16. The molecule has 0 bridgehead atoms. The average Bonchev–Trinajstić information content (AvgIpc) is 3.40.